The lowest BCUT2D eigenvalue weighted by atomic mass is 10.2. The lowest BCUT2D eigenvalue weighted by Crippen LogP contribution is -2.42. The average Bonchev–Trinajstić information content (AvgIpc) is 2.30. The molecule has 1 unspecified atom stereocenters. The highest BCUT2D eigenvalue weighted by Gasteiger charge is 2.29. The minimum Gasteiger partial charge on any atom is -0.479 e. The van der Waals surface area contributed by atoms with E-state index in [4.69, 9.17) is 21.8 Å². The number of aliphatic hydroxyl groups is 2. The Morgan fingerprint density at radius 2 is 1.65 bits per heavy atom. The Morgan fingerprint density at radius 1 is 1.12 bits per heavy atom. The van der Waals surface area contributed by atoms with E-state index < -0.39 is 24.1 Å². The SMILES string of the molecule is O=C(O)C(O)[C@H](O)C(=O)Nc1ccc(Cl)cc1. The number of rotatable bonds is 4. The molecule has 0 aromatic heterocycles. The van der Waals surface area contributed by atoms with Crippen LogP contribution in [0.15, 0.2) is 24.3 Å². The average molecular weight is 260 g/mol. The van der Waals surface area contributed by atoms with Gasteiger partial charge in [0.05, 0.1) is 0 Å². The molecule has 1 aromatic carbocycles. The van der Waals surface area contributed by atoms with Gasteiger partial charge in [0.15, 0.2) is 12.2 Å². The second-order valence-electron chi connectivity index (χ2n) is 3.22. The summed E-state index contributed by atoms with van der Waals surface area (Å²) in [6.45, 7) is 0. The molecule has 7 heteroatoms. The largest absolute Gasteiger partial charge is 0.479 e. The van der Waals surface area contributed by atoms with Crippen LogP contribution in [0.4, 0.5) is 5.69 Å². The Hall–Kier alpha value is -1.63. The van der Waals surface area contributed by atoms with Gasteiger partial charge in [0, 0.05) is 10.7 Å². The van der Waals surface area contributed by atoms with Crippen LogP contribution in [-0.2, 0) is 9.59 Å². The van der Waals surface area contributed by atoms with Gasteiger partial charge in [0.25, 0.3) is 5.91 Å². The number of nitrogens with one attached hydrogen (secondary N) is 1. The molecule has 17 heavy (non-hydrogen) atoms. The number of carboxylic acid groups (broad SMARTS) is 1. The van der Waals surface area contributed by atoms with Gasteiger partial charge < -0.3 is 20.6 Å². The molecule has 2 atom stereocenters. The van der Waals surface area contributed by atoms with Gasteiger partial charge in [-0.25, -0.2) is 4.79 Å². The van der Waals surface area contributed by atoms with Crippen LogP contribution in [0.5, 0.6) is 0 Å². The normalized spacial score (nSPS) is 13.8. The van der Waals surface area contributed by atoms with Gasteiger partial charge >= 0.3 is 5.97 Å². The number of amides is 1. The number of benzene rings is 1. The van der Waals surface area contributed by atoms with Crippen molar-refractivity contribution in [1.29, 1.82) is 0 Å². The number of hydrogen-bond donors (Lipinski definition) is 4. The Bertz CT molecular complexity index is 419. The maximum Gasteiger partial charge on any atom is 0.335 e. The maximum absolute atomic E-state index is 11.3. The molecule has 6 nitrogen and oxygen atoms in total. The van der Waals surface area contributed by atoms with Crippen molar-refractivity contribution >= 4 is 29.2 Å². The molecular weight excluding hydrogens is 250 g/mol. The molecule has 0 spiro atoms. The van der Waals surface area contributed by atoms with Crippen LogP contribution in [-0.4, -0.2) is 39.4 Å². The molecule has 0 aliphatic rings. The Labute approximate surface area is 101 Å². The second kappa shape index (κ2) is 5.62. The molecule has 0 fully saturated rings. The number of aliphatic carboxylic acids is 1. The number of halogens is 1. The van der Waals surface area contributed by atoms with Crippen LogP contribution in [0.2, 0.25) is 5.02 Å². The Kier molecular flexibility index (Phi) is 4.45. The summed E-state index contributed by atoms with van der Waals surface area (Å²) in [5.74, 6) is -2.69. The molecule has 0 aliphatic heterocycles. The van der Waals surface area contributed by atoms with E-state index in [1.54, 1.807) is 0 Å². The first kappa shape index (κ1) is 13.4. The fourth-order valence-electron chi connectivity index (χ4n) is 1.03. The van der Waals surface area contributed by atoms with Crippen LogP contribution in [0.1, 0.15) is 0 Å². The number of anilines is 1. The quantitative estimate of drug-likeness (QED) is 0.613. The van der Waals surface area contributed by atoms with E-state index in [0.29, 0.717) is 10.7 Å². The number of hydrogen-bond acceptors (Lipinski definition) is 4. The summed E-state index contributed by atoms with van der Waals surface area (Å²) in [5, 5.41) is 29.3. The molecule has 1 rings (SSSR count). The van der Waals surface area contributed by atoms with Crippen molar-refractivity contribution in [2.75, 3.05) is 5.32 Å². The highest BCUT2D eigenvalue weighted by molar-refractivity contribution is 6.30. The summed E-state index contributed by atoms with van der Waals surface area (Å²) >= 11 is 5.62. The minimum atomic E-state index is -2.16. The molecular formula is C10H10ClNO5. The first-order valence-corrected chi connectivity index (χ1v) is 4.95. The van der Waals surface area contributed by atoms with Crippen LogP contribution in [0.25, 0.3) is 0 Å². The summed E-state index contributed by atoms with van der Waals surface area (Å²) in [4.78, 5) is 21.7. The van der Waals surface area contributed by atoms with Crippen molar-refractivity contribution in [3.05, 3.63) is 29.3 Å². The molecule has 0 saturated carbocycles. The summed E-state index contributed by atoms with van der Waals surface area (Å²) in [5.41, 5.74) is 0.330. The van der Waals surface area contributed by atoms with Crippen LogP contribution in [0.3, 0.4) is 0 Å². The number of carbonyl (C=O) groups is 2. The van der Waals surface area contributed by atoms with Crippen molar-refractivity contribution in [2.45, 2.75) is 12.2 Å². The highest BCUT2D eigenvalue weighted by atomic mass is 35.5. The number of carbonyl (C=O) groups excluding carboxylic acids is 1. The third-order valence-electron chi connectivity index (χ3n) is 1.93. The molecule has 0 saturated heterocycles. The second-order valence-corrected chi connectivity index (χ2v) is 3.66. The van der Waals surface area contributed by atoms with E-state index in [-0.39, 0.29) is 0 Å². The first-order chi connectivity index (χ1) is 7.91. The predicted octanol–water partition coefficient (Wildman–Crippen LogP) is 0.0849. The van der Waals surface area contributed by atoms with E-state index in [0.717, 1.165) is 0 Å². The fourth-order valence-corrected chi connectivity index (χ4v) is 1.15. The summed E-state index contributed by atoms with van der Waals surface area (Å²) in [6.07, 6.45) is -4.20. The third kappa shape index (κ3) is 3.70. The topological polar surface area (TPSA) is 107 Å². The molecule has 0 bridgehead atoms. The fraction of sp³-hybridized carbons (Fsp3) is 0.200. The van der Waals surface area contributed by atoms with E-state index >= 15 is 0 Å². The van der Waals surface area contributed by atoms with Gasteiger partial charge in [-0.2, -0.15) is 0 Å². The lowest BCUT2D eigenvalue weighted by molar-refractivity contribution is -0.156. The van der Waals surface area contributed by atoms with Crippen molar-refractivity contribution < 1.29 is 24.9 Å². The van der Waals surface area contributed by atoms with E-state index in [9.17, 15) is 14.7 Å². The van der Waals surface area contributed by atoms with Crippen LogP contribution in [0, 0.1) is 0 Å². The molecule has 4 N–H and O–H groups in total. The summed E-state index contributed by atoms with van der Waals surface area (Å²) < 4.78 is 0. The molecule has 92 valence electrons. The van der Waals surface area contributed by atoms with Gasteiger partial charge in [-0.15, -0.1) is 0 Å². The van der Waals surface area contributed by atoms with Crippen LogP contribution < -0.4 is 5.32 Å². The summed E-state index contributed by atoms with van der Waals surface area (Å²) in [6, 6.07) is 5.97. The molecule has 1 amide bonds. The molecule has 1 aromatic rings. The highest BCUT2D eigenvalue weighted by Crippen LogP contribution is 2.13. The predicted molar refractivity (Wildman–Crippen MR) is 59.7 cm³/mol. The van der Waals surface area contributed by atoms with Gasteiger partial charge in [0.1, 0.15) is 0 Å². The van der Waals surface area contributed by atoms with Crippen molar-refractivity contribution in [2.24, 2.45) is 0 Å². The molecule has 0 heterocycles. The van der Waals surface area contributed by atoms with Gasteiger partial charge in [-0.1, -0.05) is 11.6 Å². The lowest BCUT2D eigenvalue weighted by Gasteiger charge is -2.13. The maximum atomic E-state index is 11.3. The molecule has 0 radical (unpaired) electrons. The Balaban J connectivity index is 2.66. The van der Waals surface area contributed by atoms with Gasteiger partial charge in [-0.3, -0.25) is 4.79 Å². The zero-order valence-corrected chi connectivity index (χ0v) is 9.26. The zero-order chi connectivity index (χ0) is 13.0. The smallest absolute Gasteiger partial charge is 0.335 e. The minimum absolute atomic E-state index is 0.330. The van der Waals surface area contributed by atoms with E-state index in [1.165, 1.54) is 24.3 Å². The standard InChI is InChI=1S/C10H10ClNO5/c11-5-1-3-6(4-2-5)12-9(15)7(13)8(14)10(16)17/h1-4,7-8,13-14H,(H,12,15)(H,16,17)/t7-,8?/m0/s1. The third-order valence-corrected chi connectivity index (χ3v) is 2.18. The van der Waals surface area contributed by atoms with Crippen LogP contribution >= 0.6 is 11.6 Å². The Morgan fingerprint density at radius 3 is 2.12 bits per heavy atom. The zero-order valence-electron chi connectivity index (χ0n) is 8.50. The van der Waals surface area contributed by atoms with Gasteiger partial charge in [0.2, 0.25) is 0 Å². The van der Waals surface area contributed by atoms with Crippen molar-refractivity contribution in [3.63, 3.8) is 0 Å². The van der Waals surface area contributed by atoms with Gasteiger partial charge in [-0.05, 0) is 24.3 Å². The first-order valence-electron chi connectivity index (χ1n) is 4.57. The van der Waals surface area contributed by atoms with Crippen molar-refractivity contribution in [1.82, 2.24) is 0 Å². The number of aliphatic hydroxyl groups excluding tert-OH is 2. The monoisotopic (exact) mass is 259 g/mol. The number of carboxylic acids is 1. The molecule has 0 aliphatic carbocycles. The van der Waals surface area contributed by atoms with Crippen molar-refractivity contribution in [3.8, 4) is 0 Å². The summed E-state index contributed by atoms with van der Waals surface area (Å²) in [7, 11) is 0. The van der Waals surface area contributed by atoms with E-state index in [2.05, 4.69) is 5.32 Å². The van der Waals surface area contributed by atoms with E-state index in [1.807, 2.05) is 0 Å².